The van der Waals surface area contributed by atoms with Crippen LogP contribution in [0, 0.1) is 0 Å². The topological polar surface area (TPSA) is 45.2 Å². The first-order valence-corrected chi connectivity index (χ1v) is 8.61. The first-order valence-electron chi connectivity index (χ1n) is 8.61. The van der Waals surface area contributed by atoms with E-state index in [1.165, 1.54) is 16.8 Å². The monoisotopic (exact) mass is 331 g/mol. The molecule has 0 spiro atoms. The second-order valence-corrected chi connectivity index (χ2v) is 6.34. The Balaban J connectivity index is 1.60. The van der Waals surface area contributed by atoms with Crippen molar-refractivity contribution in [2.75, 3.05) is 23.4 Å². The maximum Gasteiger partial charge on any atom is 0.247 e. The molecule has 1 aromatic heterocycles. The summed E-state index contributed by atoms with van der Waals surface area (Å²) in [4.78, 5) is 9.04. The van der Waals surface area contributed by atoms with Crippen molar-refractivity contribution in [3.05, 3.63) is 71.9 Å². The molecular weight excluding hydrogens is 310 g/mol. The standard InChI is InChI=1S/C20H21N5/c1-24(15-16-8-3-2-4-9-16)20-22-19(14-21-23-20)25-13-7-11-17-10-5-6-12-18(17)25/h2-6,8-10,12,14H,7,11,13,15H2,1H3. The molecule has 0 atom stereocenters. The van der Waals surface area contributed by atoms with Gasteiger partial charge in [0.1, 0.15) is 0 Å². The highest BCUT2D eigenvalue weighted by Crippen LogP contribution is 2.32. The molecule has 1 aliphatic rings. The first-order chi connectivity index (χ1) is 12.3. The van der Waals surface area contributed by atoms with E-state index in [9.17, 15) is 0 Å². The number of hydrogen-bond acceptors (Lipinski definition) is 5. The molecule has 2 heterocycles. The van der Waals surface area contributed by atoms with Crippen LogP contribution in [0.2, 0.25) is 0 Å². The van der Waals surface area contributed by atoms with Crippen molar-refractivity contribution >= 4 is 17.5 Å². The summed E-state index contributed by atoms with van der Waals surface area (Å²) in [5.74, 6) is 1.50. The highest BCUT2D eigenvalue weighted by atomic mass is 15.3. The predicted molar refractivity (Wildman–Crippen MR) is 100 cm³/mol. The zero-order valence-corrected chi connectivity index (χ0v) is 14.3. The van der Waals surface area contributed by atoms with E-state index in [4.69, 9.17) is 4.98 Å². The Labute approximate surface area is 148 Å². The molecule has 2 aromatic carbocycles. The van der Waals surface area contributed by atoms with E-state index in [0.29, 0.717) is 5.95 Å². The highest BCUT2D eigenvalue weighted by molar-refractivity contribution is 5.65. The van der Waals surface area contributed by atoms with Crippen molar-refractivity contribution in [1.82, 2.24) is 15.2 Å². The van der Waals surface area contributed by atoms with Crippen LogP contribution < -0.4 is 9.80 Å². The third-order valence-corrected chi connectivity index (χ3v) is 4.53. The Kier molecular flexibility index (Phi) is 4.29. The Bertz CT molecular complexity index is 849. The lowest BCUT2D eigenvalue weighted by Gasteiger charge is -2.30. The molecule has 1 aliphatic heterocycles. The summed E-state index contributed by atoms with van der Waals surface area (Å²) in [5, 5.41) is 8.42. The molecule has 0 unspecified atom stereocenters. The summed E-state index contributed by atoms with van der Waals surface area (Å²) in [6, 6.07) is 18.8. The lowest BCUT2D eigenvalue weighted by atomic mass is 10.0. The van der Waals surface area contributed by atoms with Gasteiger partial charge < -0.3 is 9.80 Å². The van der Waals surface area contributed by atoms with Crippen LogP contribution in [0.15, 0.2) is 60.8 Å². The normalized spacial score (nSPS) is 13.4. The van der Waals surface area contributed by atoms with Gasteiger partial charge in [-0.25, -0.2) is 0 Å². The van der Waals surface area contributed by atoms with Crippen LogP contribution >= 0.6 is 0 Å². The third kappa shape index (κ3) is 3.31. The summed E-state index contributed by atoms with van der Waals surface area (Å²) in [6.07, 6.45) is 3.99. The molecule has 0 bridgehead atoms. The number of fused-ring (bicyclic) bond motifs is 1. The summed E-state index contributed by atoms with van der Waals surface area (Å²) < 4.78 is 0. The zero-order chi connectivity index (χ0) is 17.1. The molecule has 0 radical (unpaired) electrons. The van der Waals surface area contributed by atoms with E-state index >= 15 is 0 Å². The van der Waals surface area contributed by atoms with E-state index in [1.807, 2.05) is 30.1 Å². The van der Waals surface area contributed by atoms with Crippen molar-refractivity contribution in [3.8, 4) is 0 Å². The molecule has 3 aromatic rings. The molecule has 0 saturated carbocycles. The Morgan fingerprint density at radius 3 is 2.72 bits per heavy atom. The van der Waals surface area contributed by atoms with Gasteiger partial charge in [-0.2, -0.15) is 10.1 Å². The van der Waals surface area contributed by atoms with E-state index in [1.54, 1.807) is 6.20 Å². The first kappa shape index (κ1) is 15.6. The van der Waals surface area contributed by atoms with Gasteiger partial charge in [0, 0.05) is 25.8 Å². The number of aryl methyl sites for hydroxylation is 1. The van der Waals surface area contributed by atoms with Crippen LogP contribution in [-0.2, 0) is 13.0 Å². The fourth-order valence-electron chi connectivity index (χ4n) is 3.28. The lowest BCUT2D eigenvalue weighted by Crippen LogP contribution is -2.27. The maximum atomic E-state index is 4.77. The predicted octanol–water partition coefficient (Wildman–Crippen LogP) is 3.59. The van der Waals surface area contributed by atoms with Gasteiger partial charge in [-0.1, -0.05) is 48.5 Å². The second kappa shape index (κ2) is 6.89. The van der Waals surface area contributed by atoms with E-state index in [2.05, 4.69) is 51.5 Å². The summed E-state index contributed by atoms with van der Waals surface area (Å²) in [7, 11) is 2.00. The number of rotatable bonds is 4. The summed E-state index contributed by atoms with van der Waals surface area (Å²) in [5.41, 5.74) is 3.82. The molecule has 126 valence electrons. The van der Waals surface area contributed by atoms with Gasteiger partial charge in [-0.3, -0.25) is 0 Å². The minimum atomic E-state index is 0.643. The number of anilines is 3. The number of hydrogen-bond donors (Lipinski definition) is 0. The van der Waals surface area contributed by atoms with Crippen LogP contribution in [0.25, 0.3) is 0 Å². The lowest BCUT2D eigenvalue weighted by molar-refractivity contribution is 0.747. The maximum absolute atomic E-state index is 4.77. The molecule has 0 N–H and O–H groups in total. The number of nitrogens with zero attached hydrogens (tertiary/aromatic N) is 5. The van der Waals surface area contributed by atoms with Crippen LogP contribution in [0.5, 0.6) is 0 Å². The smallest absolute Gasteiger partial charge is 0.247 e. The van der Waals surface area contributed by atoms with Crippen molar-refractivity contribution < 1.29 is 0 Å². The molecule has 0 aliphatic carbocycles. The van der Waals surface area contributed by atoms with E-state index in [0.717, 1.165) is 31.7 Å². The molecule has 5 nitrogen and oxygen atoms in total. The summed E-state index contributed by atoms with van der Waals surface area (Å²) >= 11 is 0. The molecule has 0 fully saturated rings. The Morgan fingerprint density at radius 2 is 1.84 bits per heavy atom. The van der Waals surface area contributed by atoms with Crippen LogP contribution in [0.4, 0.5) is 17.5 Å². The van der Waals surface area contributed by atoms with Gasteiger partial charge in [0.25, 0.3) is 0 Å². The number of aromatic nitrogens is 3. The van der Waals surface area contributed by atoms with Crippen molar-refractivity contribution in [1.29, 1.82) is 0 Å². The highest BCUT2D eigenvalue weighted by Gasteiger charge is 2.20. The van der Waals surface area contributed by atoms with Crippen LogP contribution in [0.3, 0.4) is 0 Å². The summed E-state index contributed by atoms with van der Waals surface area (Å²) in [6.45, 7) is 1.71. The van der Waals surface area contributed by atoms with Gasteiger partial charge in [0.15, 0.2) is 5.82 Å². The number of para-hydroxylation sites is 1. The minimum absolute atomic E-state index is 0.643. The zero-order valence-electron chi connectivity index (χ0n) is 14.3. The Hall–Kier alpha value is -2.95. The molecule has 0 saturated heterocycles. The van der Waals surface area contributed by atoms with E-state index < -0.39 is 0 Å². The van der Waals surface area contributed by atoms with Crippen LogP contribution in [-0.4, -0.2) is 28.8 Å². The molecule has 25 heavy (non-hydrogen) atoms. The number of benzene rings is 2. The van der Waals surface area contributed by atoms with Crippen LogP contribution in [0.1, 0.15) is 17.5 Å². The average molecular weight is 331 g/mol. The van der Waals surface area contributed by atoms with Crippen molar-refractivity contribution in [2.45, 2.75) is 19.4 Å². The average Bonchev–Trinajstić information content (AvgIpc) is 2.68. The van der Waals surface area contributed by atoms with Gasteiger partial charge in [-0.15, -0.1) is 5.10 Å². The Morgan fingerprint density at radius 1 is 1.04 bits per heavy atom. The molecule has 5 heteroatoms. The van der Waals surface area contributed by atoms with Gasteiger partial charge in [-0.05, 0) is 30.0 Å². The van der Waals surface area contributed by atoms with Gasteiger partial charge in [0.05, 0.1) is 6.20 Å². The van der Waals surface area contributed by atoms with Gasteiger partial charge in [0.2, 0.25) is 5.95 Å². The third-order valence-electron chi connectivity index (χ3n) is 4.53. The largest absolute Gasteiger partial charge is 0.338 e. The van der Waals surface area contributed by atoms with Gasteiger partial charge >= 0.3 is 0 Å². The quantitative estimate of drug-likeness (QED) is 0.731. The molecule has 0 amide bonds. The van der Waals surface area contributed by atoms with Crippen molar-refractivity contribution in [2.24, 2.45) is 0 Å². The SMILES string of the molecule is CN(Cc1ccccc1)c1nncc(N2CCCc3ccccc32)n1. The van der Waals surface area contributed by atoms with E-state index in [-0.39, 0.29) is 0 Å². The fourth-order valence-corrected chi connectivity index (χ4v) is 3.28. The fraction of sp³-hybridized carbons (Fsp3) is 0.250. The van der Waals surface area contributed by atoms with Crippen molar-refractivity contribution in [3.63, 3.8) is 0 Å². The second-order valence-electron chi connectivity index (χ2n) is 6.34. The molecule has 4 rings (SSSR count). The molecular formula is C20H21N5. The minimum Gasteiger partial charge on any atom is -0.338 e.